The molecule has 0 bridgehead atoms. The van der Waals surface area contributed by atoms with Crippen molar-refractivity contribution in [2.75, 3.05) is 18.8 Å². The van der Waals surface area contributed by atoms with Gasteiger partial charge < -0.3 is 0 Å². The molecule has 3 heteroatoms. The van der Waals surface area contributed by atoms with E-state index >= 15 is 0 Å². The third kappa shape index (κ3) is 3.72. The van der Waals surface area contributed by atoms with Gasteiger partial charge in [0.15, 0.2) is 24.5 Å². The minimum Gasteiger partial charge on any atom is -0.222 e. The predicted molar refractivity (Wildman–Crippen MR) is 168 cm³/mol. The fourth-order valence-corrected chi connectivity index (χ4v) is 8.35. The Morgan fingerprint density at radius 3 is 2.12 bits per heavy atom. The molecule has 3 atom stereocenters. The molecule has 2 nitrogen and oxygen atoms in total. The predicted octanol–water partition coefficient (Wildman–Crippen LogP) is 8.05. The molecule has 0 amide bonds. The van der Waals surface area contributed by atoms with Gasteiger partial charge in [-0.25, -0.2) is 10.0 Å². The van der Waals surface area contributed by atoms with Gasteiger partial charge in [0.1, 0.15) is 5.92 Å². The van der Waals surface area contributed by atoms with Crippen molar-refractivity contribution < 1.29 is 9.13 Å². The van der Waals surface area contributed by atoms with Crippen molar-refractivity contribution in [3.05, 3.63) is 139 Å². The van der Waals surface area contributed by atoms with Crippen molar-refractivity contribution in [2.45, 2.75) is 29.8 Å². The molecule has 2 aliphatic heterocycles. The Bertz CT molecular complexity index is 1780. The van der Waals surface area contributed by atoms with Crippen LogP contribution >= 0.6 is 10.0 Å². The highest BCUT2D eigenvalue weighted by Crippen LogP contribution is 2.54. The first kappa shape index (κ1) is 25.0. The molecule has 2 aliphatic rings. The van der Waals surface area contributed by atoms with E-state index in [4.69, 9.17) is 0 Å². The zero-order valence-corrected chi connectivity index (χ0v) is 24.5. The first-order valence-electron chi connectivity index (χ1n) is 14.0. The summed E-state index contributed by atoms with van der Waals surface area (Å²) in [6.45, 7) is 6.63. The van der Waals surface area contributed by atoms with Gasteiger partial charge >= 0.3 is 0 Å². The summed E-state index contributed by atoms with van der Waals surface area (Å²) in [5, 5.41) is 0. The van der Waals surface area contributed by atoms with E-state index in [2.05, 4.69) is 157 Å². The van der Waals surface area contributed by atoms with Crippen molar-refractivity contribution in [1.29, 1.82) is 0 Å². The third-order valence-electron chi connectivity index (χ3n) is 8.75. The van der Waals surface area contributed by atoms with E-state index in [1.165, 1.54) is 55.2 Å². The van der Waals surface area contributed by atoms with E-state index < -0.39 is 10.0 Å². The number of hydrogen-bond acceptors (Lipinski definition) is 0. The number of fused-ring (bicyclic) bond motifs is 6. The smallest absolute Gasteiger partial charge is 0.216 e. The van der Waals surface area contributed by atoms with E-state index in [-0.39, 0.29) is 18.0 Å². The Kier molecular flexibility index (Phi) is 5.83. The molecule has 2 aromatic heterocycles. The molecule has 198 valence electrons. The van der Waals surface area contributed by atoms with E-state index in [0.29, 0.717) is 0 Å². The Hall–Kier alpha value is -3.95. The topological polar surface area (TPSA) is 7.76 Å². The number of allylic oxidation sites excluding steroid dienone is 1. The number of rotatable bonds is 4. The second-order valence-corrected chi connectivity index (χ2v) is 16.0. The molecule has 0 N–H and O–H groups in total. The number of benzene rings is 3. The van der Waals surface area contributed by atoms with Crippen LogP contribution in [0.15, 0.2) is 127 Å². The first-order chi connectivity index (χ1) is 19.4. The van der Waals surface area contributed by atoms with Gasteiger partial charge in [-0.3, -0.25) is 0 Å². The van der Waals surface area contributed by atoms with E-state index in [1.807, 2.05) is 0 Å². The summed E-state index contributed by atoms with van der Waals surface area (Å²) in [5.41, 5.74) is 12.0. The lowest BCUT2D eigenvalue weighted by Crippen LogP contribution is -2.52. The lowest BCUT2D eigenvalue weighted by Gasteiger charge is -2.32. The number of nitrogens with zero attached hydrogens (tertiary/aromatic N) is 2. The Morgan fingerprint density at radius 1 is 0.725 bits per heavy atom. The minimum atomic E-state index is -0.991. The molecule has 0 radical (unpaired) electrons. The van der Waals surface area contributed by atoms with Crippen LogP contribution < -0.4 is 9.13 Å². The van der Waals surface area contributed by atoms with Crippen LogP contribution in [-0.2, 0) is 0 Å². The molecule has 0 fully saturated rings. The normalized spacial score (nSPS) is 19.2. The molecule has 7 rings (SSSR count). The standard InChI is InChI=1S/C37H36N2S/c1-6-32-35(28-19-11-13-21-30(28)36-25(2)15-14-22-38(32)36)37-29-20-12-10-18-27(29)33-23-34(40(3,4)5)31(24-39(33)37)26-16-8-7-9-17-26/h6-24,32,35,37H,1H2,2-5H3/q+2. The van der Waals surface area contributed by atoms with Crippen molar-refractivity contribution in [3.63, 3.8) is 0 Å². The highest BCUT2D eigenvalue weighted by Gasteiger charge is 2.52. The van der Waals surface area contributed by atoms with Crippen molar-refractivity contribution >= 4 is 10.0 Å². The molecular weight excluding hydrogens is 504 g/mol. The molecule has 3 aromatic carbocycles. The van der Waals surface area contributed by atoms with Gasteiger partial charge in [-0.1, -0.05) is 73.3 Å². The first-order valence-corrected chi connectivity index (χ1v) is 16.9. The van der Waals surface area contributed by atoms with Crippen LogP contribution in [0, 0.1) is 6.92 Å². The largest absolute Gasteiger partial charge is 0.222 e. The number of aromatic nitrogens is 2. The number of pyridine rings is 2. The van der Waals surface area contributed by atoms with Crippen molar-refractivity contribution in [3.8, 4) is 33.6 Å². The molecule has 5 aromatic rings. The Balaban J connectivity index is 1.54. The molecular formula is C37H36N2S+2. The van der Waals surface area contributed by atoms with Crippen molar-refractivity contribution in [2.24, 2.45) is 0 Å². The quantitative estimate of drug-likeness (QED) is 0.161. The summed E-state index contributed by atoms with van der Waals surface area (Å²) in [5.74, 6) is 0.192. The molecule has 0 saturated carbocycles. The number of aryl methyl sites for hydroxylation is 1. The average Bonchev–Trinajstić information content (AvgIpc) is 3.29. The van der Waals surface area contributed by atoms with E-state index in [0.717, 1.165) is 0 Å². The van der Waals surface area contributed by atoms with Gasteiger partial charge in [0.2, 0.25) is 11.4 Å². The maximum atomic E-state index is 4.40. The van der Waals surface area contributed by atoms with Gasteiger partial charge in [0.05, 0.1) is 16.7 Å². The highest BCUT2D eigenvalue weighted by atomic mass is 32.3. The van der Waals surface area contributed by atoms with Crippen LogP contribution in [0.25, 0.3) is 33.6 Å². The molecule has 0 spiro atoms. The van der Waals surface area contributed by atoms with Crippen LogP contribution in [0.4, 0.5) is 0 Å². The summed E-state index contributed by atoms with van der Waals surface area (Å²) >= 11 is 0. The minimum absolute atomic E-state index is 0.120. The molecule has 4 heterocycles. The Labute approximate surface area is 239 Å². The summed E-state index contributed by atoms with van der Waals surface area (Å²) in [6, 6.07) is 36.2. The van der Waals surface area contributed by atoms with Crippen molar-refractivity contribution in [1.82, 2.24) is 0 Å². The second-order valence-electron chi connectivity index (χ2n) is 11.9. The van der Waals surface area contributed by atoms with Crippen LogP contribution in [0.5, 0.6) is 0 Å². The summed E-state index contributed by atoms with van der Waals surface area (Å²) in [4.78, 5) is 1.46. The molecule has 40 heavy (non-hydrogen) atoms. The van der Waals surface area contributed by atoms with E-state index in [9.17, 15) is 0 Å². The van der Waals surface area contributed by atoms with E-state index in [1.54, 1.807) is 0 Å². The van der Waals surface area contributed by atoms with Crippen LogP contribution in [0.3, 0.4) is 0 Å². The SMILES string of the molecule is C=CC1C(C2c3ccccc3-c3cc(S(C)(C)C)c(-c4ccccc4)c[n+]32)c2ccccc2-c2c(C)ccc[n+]21. The maximum absolute atomic E-state index is 4.40. The zero-order chi connectivity index (χ0) is 27.6. The van der Waals surface area contributed by atoms with Gasteiger partial charge in [-0.05, 0) is 61.1 Å². The average molecular weight is 541 g/mol. The van der Waals surface area contributed by atoms with Gasteiger partial charge in [0, 0.05) is 28.2 Å². The summed E-state index contributed by atoms with van der Waals surface area (Å²) < 4.78 is 5.04. The summed E-state index contributed by atoms with van der Waals surface area (Å²) in [7, 11) is -0.991. The monoisotopic (exact) mass is 540 g/mol. The summed E-state index contributed by atoms with van der Waals surface area (Å²) in [6.07, 6.45) is 14.1. The fourth-order valence-electron chi connectivity index (χ4n) is 7.06. The Morgan fingerprint density at radius 2 is 1.40 bits per heavy atom. The fraction of sp³-hybridized carbons (Fsp3) is 0.189. The zero-order valence-electron chi connectivity index (χ0n) is 23.7. The van der Waals surface area contributed by atoms with Gasteiger partial charge in [0.25, 0.3) is 0 Å². The lowest BCUT2D eigenvalue weighted by atomic mass is 9.76. The van der Waals surface area contributed by atoms with Crippen LogP contribution in [0.1, 0.15) is 34.7 Å². The molecule has 0 saturated heterocycles. The van der Waals surface area contributed by atoms with Crippen LogP contribution in [0.2, 0.25) is 0 Å². The lowest BCUT2D eigenvalue weighted by molar-refractivity contribution is -0.739. The maximum Gasteiger partial charge on any atom is 0.216 e. The molecule has 0 aliphatic carbocycles. The van der Waals surface area contributed by atoms with Crippen LogP contribution in [-0.4, -0.2) is 18.8 Å². The highest BCUT2D eigenvalue weighted by molar-refractivity contribution is 8.32. The molecule has 3 unspecified atom stereocenters. The number of hydrogen-bond donors (Lipinski definition) is 0. The van der Waals surface area contributed by atoms with Gasteiger partial charge in [-0.15, -0.1) is 0 Å². The third-order valence-corrected chi connectivity index (χ3v) is 10.4. The second kappa shape index (κ2) is 9.31. The van der Waals surface area contributed by atoms with Gasteiger partial charge in [-0.2, -0.15) is 9.13 Å².